The second-order valence-corrected chi connectivity index (χ2v) is 6.94. The Kier molecular flexibility index (Phi) is 6.41. The molecule has 0 bridgehead atoms. The summed E-state index contributed by atoms with van der Waals surface area (Å²) in [6.07, 6.45) is 0.273. The minimum atomic E-state index is -0.243. The Balaban J connectivity index is 1.64. The van der Waals surface area contributed by atoms with Crippen LogP contribution in [-0.4, -0.2) is 37.7 Å². The number of hydrogen-bond acceptors (Lipinski definition) is 3. The summed E-state index contributed by atoms with van der Waals surface area (Å²) in [5.41, 5.74) is 1.56. The number of benzene rings is 2. The molecule has 1 saturated heterocycles. The average Bonchev–Trinajstić information content (AvgIpc) is 3.04. The first-order chi connectivity index (χ1) is 13.5. The van der Waals surface area contributed by atoms with E-state index in [1.165, 1.54) is 0 Å². The van der Waals surface area contributed by atoms with Gasteiger partial charge in [0.2, 0.25) is 5.91 Å². The first-order valence-corrected chi connectivity index (χ1v) is 9.76. The van der Waals surface area contributed by atoms with Crippen molar-refractivity contribution in [3.8, 4) is 5.75 Å². The molecule has 1 aliphatic heterocycles. The van der Waals surface area contributed by atoms with Crippen LogP contribution in [0.15, 0.2) is 48.5 Å². The molecule has 0 aromatic heterocycles. The van der Waals surface area contributed by atoms with Crippen LogP contribution in [0.25, 0.3) is 0 Å². The number of amides is 3. The smallest absolute Gasteiger partial charge is 0.322 e. The quantitative estimate of drug-likeness (QED) is 0.793. The van der Waals surface area contributed by atoms with E-state index in [1.807, 2.05) is 50.2 Å². The summed E-state index contributed by atoms with van der Waals surface area (Å²) in [5, 5.41) is 3.60. The second kappa shape index (κ2) is 8.97. The number of ether oxygens (including phenoxy) is 1. The van der Waals surface area contributed by atoms with Gasteiger partial charge in [-0.05, 0) is 62.4 Å². The minimum absolute atomic E-state index is 0.0169. The van der Waals surface area contributed by atoms with Gasteiger partial charge < -0.3 is 15.0 Å². The van der Waals surface area contributed by atoms with E-state index in [0.29, 0.717) is 24.7 Å². The number of nitrogens with zero attached hydrogens (tertiary/aromatic N) is 2. The molecule has 148 valence electrons. The lowest BCUT2D eigenvalue weighted by Gasteiger charge is -2.24. The van der Waals surface area contributed by atoms with E-state index in [-0.39, 0.29) is 24.4 Å². The standard InChI is InChI=1S/C21H24ClN3O3/c1-3-24(17-9-11-19(12-10-17)28-4-2)21(27)23-16-13-20(26)25(14-16)18-7-5-15(22)6-8-18/h5-12,16H,3-4,13-14H2,1-2H3,(H,23,27)/t16-/m1/s1. The van der Waals surface area contributed by atoms with Crippen molar-refractivity contribution in [3.63, 3.8) is 0 Å². The molecule has 0 spiro atoms. The summed E-state index contributed by atoms with van der Waals surface area (Å²) >= 11 is 5.91. The van der Waals surface area contributed by atoms with Crippen LogP contribution in [0, 0.1) is 0 Å². The van der Waals surface area contributed by atoms with Crippen molar-refractivity contribution < 1.29 is 14.3 Å². The summed E-state index contributed by atoms with van der Waals surface area (Å²) in [5.74, 6) is 0.749. The van der Waals surface area contributed by atoms with E-state index < -0.39 is 0 Å². The molecule has 0 saturated carbocycles. The number of halogens is 1. The van der Waals surface area contributed by atoms with Gasteiger partial charge in [-0.3, -0.25) is 9.69 Å². The largest absolute Gasteiger partial charge is 0.494 e. The number of hydrogen-bond donors (Lipinski definition) is 1. The molecule has 2 aromatic rings. The highest BCUT2D eigenvalue weighted by Crippen LogP contribution is 2.24. The molecule has 6 nitrogen and oxygen atoms in total. The third kappa shape index (κ3) is 4.57. The molecule has 0 unspecified atom stereocenters. The Hall–Kier alpha value is -2.73. The second-order valence-electron chi connectivity index (χ2n) is 6.50. The molecule has 1 heterocycles. The molecule has 0 radical (unpaired) electrons. The lowest BCUT2D eigenvalue weighted by molar-refractivity contribution is -0.117. The predicted octanol–water partition coefficient (Wildman–Crippen LogP) is 4.08. The van der Waals surface area contributed by atoms with Gasteiger partial charge in [-0.2, -0.15) is 0 Å². The molecule has 7 heteroatoms. The Labute approximate surface area is 170 Å². The zero-order valence-corrected chi connectivity index (χ0v) is 16.8. The number of nitrogens with one attached hydrogen (secondary N) is 1. The van der Waals surface area contributed by atoms with E-state index in [2.05, 4.69) is 5.32 Å². The zero-order valence-electron chi connectivity index (χ0n) is 16.0. The average molecular weight is 402 g/mol. The highest BCUT2D eigenvalue weighted by molar-refractivity contribution is 6.30. The molecule has 2 aromatic carbocycles. The molecule has 1 fully saturated rings. The molecule has 1 N–H and O–H groups in total. The first kappa shape index (κ1) is 20.0. The van der Waals surface area contributed by atoms with Gasteiger partial charge in [0, 0.05) is 35.9 Å². The molecule has 28 heavy (non-hydrogen) atoms. The normalized spacial score (nSPS) is 16.2. The zero-order chi connectivity index (χ0) is 20.1. The molecule has 1 atom stereocenters. The summed E-state index contributed by atoms with van der Waals surface area (Å²) in [7, 11) is 0. The van der Waals surface area contributed by atoms with Gasteiger partial charge in [-0.1, -0.05) is 11.6 Å². The third-order valence-corrected chi connectivity index (χ3v) is 4.86. The monoisotopic (exact) mass is 401 g/mol. The highest BCUT2D eigenvalue weighted by atomic mass is 35.5. The molecular weight excluding hydrogens is 378 g/mol. The Morgan fingerprint density at radius 3 is 2.46 bits per heavy atom. The maximum Gasteiger partial charge on any atom is 0.322 e. The molecule has 3 amide bonds. The molecule has 1 aliphatic rings. The van der Waals surface area contributed by atoms with Crippen molar-refractivity contribution in [2.75, 3.05) is 29.5 Å². The van der Waals surface area contributed by atoms with E-state index in [1.54, 1.807) is 21.9 Å². The van der Waals surface area contributed by atoms with Gasteiger partial charge in [-0.25, -0.2) is 4.79 Å². The fraction of sp³-hybridized carbons (Fsp3) is 0.333. The molecule has 0 aliphatic carbocycles. The van der Waals surface area contributed by atoms with Crippen molar-refractivity contribution in [1.82, 2.24) is 5.32 Å². The Morgan fingerprint density at radius 2 is 1.86 bits per heavy atom. The van der Waals surface area contributed by atoms with Gasteiger partial charge in [0.1, 0.15) is 5.75 Å². The maximum atomic E-state index is 12.8. The van der Waals surface area contributed by atoms with Crippen LogP contribution in [0.1, 0.15) is 20.3 Å². The maximum absolute atomic E-state index is 12.8. The summed E-state index contributed by atoms with van der Waals surface area (Å²) < 4.78 is 5.44. The van der Waals surface area contributed by atoms with E-state index in [9.17, 15) is 9.59 Å². The summed E-state index contributed by atoms with van der Waals surface area (Å²) in [6, 6.07) is 14.1. The number of carbonyl (C=O) groups is 2. The van der Waals surface area contributed by atoms with E-state index >= 15 is 0 Å². The lowest BCUT2D eigenvalue weighted by Crippen LogP contribution is -2.46. The predicted molar refractivity (Wildman–Crippen MR) is 111 cm³/mol. The number of urea groups is 1. The molecule has 3 rings (SSSR count). The number of carbonyl (C=O) groups excluding carboxylic acids is 2. The SMILES string of the molecule is CCOc1ccc(N(CC)C(=O)N[C@@H]2CC(=O)N(c3ccc(Cl)cc3)C2)cc1. The first-order valence-electron chi connectivity index (χ1n) is 9.38. The van der Waals surface area contributed by atoms with Crippen LogP contribution in [0.2, 0.25) is 5.02 Å². The van der Waals surface area contributed by atoms with Crippen molar-refractivity contribution in [1.29, 1.82) is 0 Å². The van der Waals surface area contributed by atoms with Crippen molar-refractivity contribution >= 4 is 34.9 Å². The summed E-state index contributed by atoms with van der Waals surface area (Å²) in [6.45, 7) is 5.39. The van der Waals surface area contributed by atoms with Crippen molar-refractivity contribution in [2.45, 2.75) is 26.3 Å². The highest BCUT2D eigenvalue weighted by Gasteiger charge is 2.32. The van der Waals surface area contributed by atoms with Crippen molar-refractivity contribution in [3.05, 3.63) is 53.6 Å². The van der Waals surface area contributed by atoms with Gasteiger partial charge in [-0.15, -0.1) is 0 Å². The van der Waals surface area contributed by atoms with Crippen LogP contribution in [0.3, 0.4) is 0 Å². The topological polar surface area (TPSA) is 61.9 Å². The van der Waals surface area contributed by atoms with Gasteiger partial charge in [0.25, 0.3) is 0 Å². The van der Waals surface area contributed by atoms with Crippen LogP contribution in [0.5, 0.6) is 5.75 Å². The Bertz CT molecular complexity index is 824. The van der Waals surface area contributed by atoms with Crippen LogP contribution in [0.4, 0.5) is 16.2 Å². The third-order valence-electron chi connectivity index (χ3n) is 4.61. The number of anilines is 2. The fourth-order valence-corrected chi connectivity index (χ4v) is 3.39. The number of rotatable bonds is 6. The summed E-state index contributed by atoms with van der Waals surface area (Å²) in [4.78, 5) is 28.5. The van der Waals surface area contributed by atoms with Gasteiger partial charge in [0.05, 0.1) is 12.6 Å². The Morgan fingerprint density at radius 1 is 1.18 bits per heavy atom. The van der Waals surface area contributed by atoms with Crippen LogP contribution in [-0.2, 0) is 4.79 Å². The van der Waals surface area contributed by atoms with Gasteiger partial charge in [0.15, 0.2) is 0 Å². The van der Waals surface area contributed by atoms with Crippen LogP contribution < -0.4 is 19.9 Å². The van der Waals surface area contributed by atoms with Crippen LogP contribution >= 0.6 is 11.6 Å². The van der Waals surface area contributed by atoms with E-state index in [4.69, 9.17) is 16.3 Å². The minimum Gasteiger partial charge on any atom is -0.494 e. The van der Waals surface area contributed by atoms with E-state index in [0.717, 1.165) is 17.1 Å². The van der Waals surface area contributed by atoms with Crippen molar-refractivity contribution in [2.24, 2.45) is 0 Å². The van der Waals surface area contributed by atoms with Gasteiger partial charge >= 0.3 is 6.03 Å². The molecular formula is C21H24ClN3O3. The lowest BCUT2D eigenvalue weighted by atomic mass is 10.2. The fourth-order valence-electron chi connectivity index (χ4n) is 3.26.